The van der Waals surface area contributed by atoms with Crippen molar-refractivity contribution in [3.8, 4) is 5.69 Å². The zero-order chi connectivity index (χ0) is 25.1. The number of hydrogen-bond donors (Lipinski definition) is 1. The summed E-state index contributed by atoms with van der Waals surface area (Å²) >= 11 is 2.81. The van der Waals surface area contributed by atoms with E-state index in [1.807, 2.05) is 42.7 Å². The van der Waals surface area contributed by atoms with E-state index in [2.05, 4.69) is 41.5 Å². The number of aromatic nitrogens is 3. The van der Waals surface area contributed by atoms with Gasteiger partial charge in [0.25, 0.3) is 0 Å². The first-order chi connectivity index (χ1) is 16.8. The van der Waals surface area contributed by atoms with Crippen LogP contribution in [0.1, 0.15) is 43.2 Å². The normalized spacial score (nSPS) is 10.9. The van der Waals surface area contributed by atoms with Gasteiger partial charge in [0.05, 0.1) is 18.4 Å². The monoisotopic (exact) mass is 506 g/mol. The van der Waals surface area contributed by atoms with Gasteiger partial charge in [0.15, 0.2) is 10.1 Å². The fourth-order valence-electron chi connectivity index (χ4n) is 3.77. The van der Waals surface area contributed by atoms with Crippen LogP contribution in [0.5, 0.6) is 0 Å². The van der Waals surface area contributed by atoms with Crippen LogP contribution in [0.3, 0.4) is 0 Å². The molecule has 1 N–H and O–H groups in total. The molecule has 0 saturated heterocycles. The average molecular weight is 507 g/mol. The molecule has 0 aliphatic heterocycles. The summed E-state index contributed by atoms with van der Waals surface area (Å²) in [6.07, 6.45) is 0. The first-order valence-electron chi connectivity index (χ1n) is 11.0. The number of nitrogens with one attached hydrogen (secondary N) is 1. The predicted molar refractivity (Wildman–Crippen MR) is 141 cm³/mol. The van der Waals surface area contributed by atoms with Crippen LogP contribution >= 0.6 is 23.1 Å². The van der Waals surface area contributed by atoms with Crippen LogP contribution in [0.2, 0.25) is 0 Å². The molecule has 0 amide bonds. The molecule has 0 aliphatic carbocycles. The van der Waals surface area contributed by atoms with E-state index in [0.717, 1.165) is 27.1 Å². The van der Waals surface area contributed by atoms with E-state index in [-0.39, 0.29) is 17.5 Å². The number of nitrogens with zero attached hydrogens (tertiary/aromatic N) is 3. The maximum Gasteiger partial charge on any atom is 0.337 e. The van der Waals surface area contributed by atoms with Crippen molar-refractivity contribution >= 4 is 45.7 Å². The number of esters is 1. The number of thioether (sulfide) groups is 1. The number of benzene rings is 2. The Labute approximate surface area is 212 Å². The van der Waals surface area contributed by atoms with Gasteiger partial charge in [-0.15, -0.1) is 10.2 Å². The molecule has 0 saturated carbocycles. The standard InChI is InChI=1S/C26H26N4O3S2/c1-15-6-9-20(12-16(15)2)27-25-28-29-26(35-25)34-14-23(31)22-13-17(3)30(18(22)4)21-10-7-19(8-11-21)24(32)33-5/h6-13H,14H2,1-5H3,(H,27,28). The maximum atomic E-state index is 13.0. The van der Waals surface area contributed by atoms with Crippen molar-refractivity contribution in [1.82, 2.24) is 14.8 Å². The summed E-state index contributed by atoms with van der Waals surface area (Å²) in [7, 11) is 1.36. The van der Waals surface area contributed by atoms with Crippen molar-refractivity contribution in [1.29, 1.82) is 0 Å². The maximum absolute atomic E-state index is 13.0. The van der Waals surface area contributed by atoms with E-state index in [1.165, 1.54) is 41.3 Å². The SMILES string of the molecule is COC(=O)c1ccc(-n2c(C)cc(C(=O)CSc3nnc(Nc4ccc(C)c(C)c4)s3)c2C)cc1. The van der Waals surface area contributed by atoms with Crippen molar-refractivity contribution in [2.75, 3.05) is 18.2 Å². The number of Topliss-reactive ketones (excluding diaryl/α,β-unsaturated/α-hetero) is 1. The number of anilines is 2. The van der Waals surface area contributed by atoms with Crippen LogP contribution in [0, 0.1) is 27.7 Å². The molecule has 7 nitrogen and oxygen atoms in total. The summed E-state index contributed by atoms with van der Waals surface area (Å²) < 4.78 is 7.51. The van der Waals surface area contributed by atoms with Gasteiger partial charge in [-0.25, -0.2) is 4.79 Å². The van der Waals surface area contributed by atoms with Gasteiger partial charge in [-0.3, -0.25) is 4.79 Å². The first kappa shape index (κ1) is 24.7. The van der Waals surface area contributed by atoms with E-state index < -0.39 is 0 Å². The molecule has 0 aliphatic rings. The van der Waals surface area contributed by atoms with E-state index in [1.54, 1.807) is 12.1 Å². The first-order valence-corrected chi connectivity index (χ1v) is 12.8. The molecule has 4 aromatic rings. The fraction of sp³-hybridized carbons (Fsp3) is 0.231. The smallest absolute Gasteiger partial charge is 0.337 e. The molecule has 2 aromatic heterocycles. The summed E-state index contributed by atoms with van der Waals surface area (Å²) in [6.45, 7) is 8.03. The summed E-state index contributed by atoms with van der Waals surface area (Å²) in [5.74, 6) is -0.0853. The van der Waals surface area contributed by atoms with Crippen LogP contribution in [-0.2, 0) is 4.74 Å². The zero-order valence-electron chi connectivity index (χ0n) is 20.2. The van der Waals surface area contributed by atoms with Crippen molar-refractivity contribution in [3.05, 3.63) is 82.2 Å². The lowest BCUT2D eigenvalue weighted by molar-refractivity contribution is 0.0600. The van der Waals surface area contributed by atoms with Crippen molar-refractivity contribution in [2.24, 2.45) is 0 Å². The zero-order valence-corrected chi connectivity index (χ0v) is 21.8. The lowest BCUT2D eigenvalue weighted by Crippen LogP contribution is -2.06. The Morgan fingerprint density at radius 2 is 1.74 bits per heavy atom. The average Bonchev–Trinajstić information content (AvgIpc) is 3.42. The largest absolute Gasteiger partial charge is 0.465 e. The Balaban J connectivity index is 1.43. The van der Waals surface area contributed by atoms with Crippen LogP contribution in [0.4, 0.5) is 10.8 Å². The van der Waals surface area contributed by atoms with Gasteiger partial charge < -0.3 is 14.6 Å². The number of aryl methyl sites for hydroxylation is 3. The highest BCUT2D eigenvalue weighted by molar-refractivity contribution is 8.01. The number of carbonyl (C=O) groups is 2. The summed E-state index contributed by atoms with van der Waals surface area (Å²) in [4.78, 5) is 24.7. The van der Waals surface area contributed by atoms with Crippen LogP contribution in [0.15, 0.2) is 52.9 Å². The molecule has 4 rings (SSSR count). The molecule has 0 spiro atoms. The van der Waals surface area contributed by atoms with Crippen LogP contribution < -0.4 is 5.32 Å². The van der Waals surface area contributed by atoms with Gasteiger partial charge in [0.1, 0.15) is 0 Å². The van der Waals surface area contributed by atoms with Gasteiger partial charge in [-0.1, -0.05) is 29.2 Å². The Bertz CT molecular complexity index is 1390. The third kappa shape index (κ3) is 5.47. The predicted octanol–water partition coefficient (Wildman–Crippen LogP) is 6.07. The Morgan fingerprint density at radius 1 is 1.00 bits per heavy atom. The molecule has 0 unspecified atom stereocenters. The second-order valence-corrected chi connectivity index (χ2v) is 10.4. The van der Waals surface area contributed by atoms with Crippen LogP contribution in [-0.4, -0.2) is 39.4 Å². The third-order valence-electron chi connectivity index (χ3n) is 5.77. The number of methoxy groups -OCH3 is 1. The number of ether oxygens (including phenoxy) is 1. The van der Waals surface area contributed by atoms with E-state index in [0.29, 0.717) is 16.3 Å². The minimum absolute atomic E-state index is 0.0272. The molecule has 0 bridgehead atoms. The van der Waals surface area contributed by atoms with Gasteiger partial charge in [-0.05, 0) is 81.3 Å². The van der Waals surface area contributed by atoms with E-state index >= 15 is 0 Å². The lowest BCUT2D eigenvalue weighted by atomic mass is 10.1. The third-order valence-corrected chi connectivity index (χ3v) is 7.74. The molecule has 0 atom stereocenters. The number of ketones is 1. The molecule has 9 heteroatoms. The molecule has 180 valence electrons. The van der Waals surface area contributed by atoms with Gasteiger partial charge >= 0.3 is 5.97 Å². The van der Waals surface area contributed by atoms with E-state index in [4.69, 9.17) is 4.74 Å². The fourth-order valence-corrected chi connectivity index (χ4v) is 5.43. The molecule has 0 radical (unpaired) electrons. The minimum atomic E-state index is -0.380. The second-order valence-electron chi connectivity index (χ2n) is 8.17. The highest BCUT2D eigenvalue weighted by Crippen LogP contribution is 2.30. The number of hydrogen-bond acceptors (Lipinski definition) is 8. The molecule has 35 heavy (non-hydrogen) atoms. The summed E-state index contributed by atoms with van der Waals surface area (Å²) in [5.41, 5.74) is 7.23. The molecule has 0 fully saturated rings. The van der Waals surface area contributed by atoms with E-state index in [9.17, 15) is 9.59 Å². The van der Waals surface area contributed by atoms with Gasteiger partial charge in [-0.2, -0.15) is 0 Å². The summed E-state index contributed by atoms with van der Waals surface area (Å²) in [6, 6.07) is 15.2. The summed E-state index contributed by atoms with van der Waals surface area (Å²) in [5, 5.41) is 12.4. The highest BCUT2D eigenvalue weighted by atomic mass is 32.2. The van der Waals surface area contributed by atoms with Gasteiger partial charge in [0.2, 0.25) is 5.13 Å². The number of rotatable bonds is 8. The molecular formula is C26H26N4O3S2. The van der Waals surface area contributed by atoms with Crippen molar-refractivity contribution in [3.63, 3.8) is 0 Å². The topological polar surface area (TPSA) is 86.1 Å². The minimum Gasteiger partial charge on any atom is -0.465 e. The Hall–Kier alpha value is -3.43. The molecular weight excluding hydrogens is 480 g/mol. The van der Waals surface area contributed by atoms with Crippen molar-refractivity contribution < 1.29 is 14.3 Å². The second kappa shape index (κ2) is 10.5. The van der Waals surface area contributed by atoms with Crippen LogP contribution in [0.25, 0.3) is 5.69 Å². The molecule has 2 heterocycles. The lowest BCUT2D eigenvalue weighted by Gasteiger charge is -2.10. The Kier molecular flexibility index (Phi) is 7.37. The van der Waals surface area contributed by atoms with Crippen molar-refractivity contribution in [2.45, 2.75) is 32.0 Å². The molecule has 2 aromatic carbocycles. The quantitative estimate of drug-likeness (QED) is 0.176. The van der Waals surface area contributed by atoms with Gasteiger partial charge in [0, 0.05) is 28.3 Å². The highest BCUT2D eigenvalue weighted by Gasteiger charge is 2.18. The Morgan fingerprint density at radius 3 is 2.43 bits per heavy atom. The number of carbonyl (C=O) groups excluding carboxylic acids is 2.